The van der Waals surface area contributed by atoms with Gasteiger partial charge in [-0.25, -0.2) is 0 Å². The molecule has 0 bridgehead atoms. The molecule has 3 atom stereocenters. The number of carbonyl (C=O) groups is 4. The van der Waals surface area contributed by atoms with Gasteiger partial charge < -0.3 is 40.8 Å². The third-order valence-corrected chi connectivity index (χ3v) is 13.5. The average molecular weight is 959 g/mol. The van der Waals surface area contributed by atoms with Gasteiger partial charge in [-0.3, -0.25) is 19.2 Å². The summed E-state index contributed by atoms with van der Waals surface area (Å²) in [4.78, 5) is 62.6. The van der Waals surface area contributed by atoms with Gasteiger partial charge in [0.2, 0.25) is 11.8 Å². The first-order chi connectivity index (χ1) is 34.8. The second-order valence-electron chi connectivity index (χ2n) is 19.5. The van der Waals surface area contributed by atoms with Crippen molar-refractivity contribution in [3.63, 3.8) is 0 Å². The predicted molar refractivity (Wildman–Crippen MR) is 284 cm³/mol. The van der Waals surface area contributed by atoms with Gasteiger partial charge in [0.15, 0.2) is 0 Å². The Balaban J connectivity index is 0.000000179. The van der Waals surface area contributed by atoms with E-state index in [1.165, 1.54) is 0 Å². The average Bonchev–Trinajstić information content (AvgIpc) is 4.21. The smallest absolute Gasteiger partial charge is 0.307 e. The number of para-hydroxylation sites is 2. The number of carbonyl (C=O) groups excluding carboxylic acids is 2. The number of rotatable bonds is 16. The van der Waals surface area contributed by atoms with E-state index < -0.39 is 17.9 Å². The zero-order valence-electron chi connectivity index (χ0n) is 40.5. The van der Waals surface area contributed by atoms with Crippen LogP contribution < -0.4 is 10.6 Å². The normalized spacial score (nSPS) is 12.8. The summed E-state index contributed by atoms with van der Waals surface area (Å²) in [7, 11) is 0. The van der Waals surface area contributed by atoms with Crippen LogP contribution in [0.15, 0.2) is 170 Å². The molecule has 0 saturated carbocycles. The van der Waals surface area contributed by atoms with Gasteiger partial charge in [-0.15, -0.1) is 0 Å². The second-order valence-corrected chi connectivity index (χ2v) is 19.5. The van der Waals surface area contributed by atoms with E-state index in [0.717, 1.165) is 88.1 Å². The Morgan fingerprint density at radius 1 is 0.542 bits per heavy atom. The predicted octanol–water partition coefficient (Wildman–Crippen LogP) is 11.5. The van der Waals surface area contributed by atoms with Crippen LogP contribution in [0.3, 0.4) is 0 Å². The fraction of sp³-hybridized carbons (Fsp3) is 0.200. The molecule has 4 heterocycles. The SMILES string of the molecule is CC(C)(C)C(Cc1c[nH]c2ccc(CC(=O)NC(c3ccccc3)c3cccc4cc[nH]c34)cc12)C(=O)O.O=C(O)CCc1c[nH]c2ccc(CC(=O)NC(c3ccccc3)c3cccc4cc[nH]c34)cc12. The third-order valence-electron chi connectivity index (χ3n) is 13.5. The molecule has 0 aliphatic carbocycles. The molecule has 2 amide bonds. The Bertz CT molecular complexity index is 3520. The van der Waals surface area contributed by atoms with E-state index in [1.807, 2.05) is 185 Å². The van der Waals surface area contributed by atoms with Crippen molar-refractivity contribution in [3.05, 3.63) is 215 Å². The second kappa shape index (κ2) is 21.2. The van der Waals surface area contributed by atoms with E-state index in [-0.39, 0.29) is 48.6 Å². The summed E-state index contributed by atoms with van der Waals surface area (Å²) in [6, 6.07) is 47.4. The van der Waals surface area contributed by atoms with Crippen LogP contribution in [-0.4, -0.2) is 53.9 Å². The Hall–Kier alpha value is -8.64. The molecule has 3 unspecified atom stereocenters. The summed E-state index contributed by atoms with van der Waals surface area (Å²) in [6.45, 7) is 5.85. The van der Waals surface area contributed by atoms with Crippen LogP contribution in [0.1, 0.15) is 83.8 Å². The van der Waals surface area contributed by atoms with Crippen LogP contribution in [0.5, 0.6) is 0 Å². The highest BCUT2D eigenvalue weighted by atomic mass is 16.4. The molecule has 4 aromatic heterocycles. The van der Waals surface area contributed by atoms with Crippen LogP contribution in [-0.2, 0) is 44.9 Å². The van der Waals surface area contributed by atoms with Crippen molar-refractivity contribution < 1.29 is 29.4 Å². The number of carboxylic acid groups (broad SMARTS) is 2. The fourth-order valence-electron chi connectivity index (χ4n) is 9.74. The summed E-state index contributed by atoms with van der Waals surface area (Å²) < 4.78 is 0. The molecule has 0 radical (unpaired) electrons. The third kappa shape index (κ3) is 11.0. The highest BCUT2D eigenvalue weighted by Crippen LogP contribution is 2.34. The van der Waals surface area contributed by atoms with E-state index in [9.17, 15) is 24.3 Å². The van der Waals surface area contributed by atoms with Crippen LogP contribution >= 0.6 is 0 Å². The number of nitrogens with one attached hydrogen (secondary N) is 6. The first kappa shape index (κ1) is 48.4. The van der Waals surface area contributed by atoms with Gasteiger partial charge in [0.05, 0.1) is 41.9 Å². The lowest BCUT2D eigenvalue weighted by Crippen LogP contribution is -2.30. The zero-order chi connectivity index (χ0) is 50.4. The monoisotopic (exact) mass is 958 g/mol. The lowest BCUT2D eigenvalue weighted by atomic mass is 9.77. The maximum absolute atomic E-state index is 13.4. The molecule has 12 nitrogen and oxygen atoms in total. The topological polar surface area (TPSA) is 196 Å². The highest BCUT2D eigenvalue weighted by molar-refractivity contribution is 5.90. The number of aryl methyl sites for hydroxylation is 1. The molecule has 0 saturated heterocycles. The molecule has 6 aromatic carbocycles. The van der Waals surface area contributed by atoms with E-state index in [0.29, 0.717) is 12.8 Å². The Morgan fingerprint density at radius 3 is 1.47 bits per heavy atom. The Kier molecular flexibility index (Phi) is 14.2. The Labute approximate surface area is 416 Å². The summed E-state index contributed by atoms with van der Waals surface area (Å²) in [5, 5.41) is 29.4. The molecule has 8 N–H and O–H groups in total. The number of aliphatic carboxylic acids is 2. The zero-order valence-corrected chi connectivity index (χ0v) is 40.5. The van der Waals surface area contributed by atoms with Crippen LogP contribution in [0, 0.1) is 11.3 Å². The molecule has 364 valence electrons. The van der Waals surface area contributed by atoms with Crippen molar-refractivity contribution in [2.75, 3.05) is 0 Å². The van der Waals surface area contributed by atoms with E-state index in [4.69, 9.17) is 5.11 Å². The standard InChI is InChI=1S/C32H33N3O3.C28H25N3O3/c1-32(2,3)26(31(37)38)18-23-19-34-27-13-12-20(16-25(23)27)17-28(36)35-30(21-8-5-4-6-9-21)24-11-7-10-22-14-15-33-29(22)24;32-25(16-18-9-11-24-23(15-18)21(17-30-24)10-12-26(33)34)31-28(19-5-2-1-3-6-19)22-8-4-7-20-13-14-29-27(20)22/h4-16,19,26,30,33-34H,17-18H2,1-3H3,(H,35,36)(H,37,38);1-9,11,13-15,17,28-30H,10,12,16H2,(H,31,32)(H,33,34). The van der Waals surface area contributed by atoms with Crippen LogP contribution in [0.2, 0.25) is 0 Å². The molecule has 0 spiro atoms. The lowest BCUT2D eigenvalue weighted by Gasteiger charge is -2.26. The minimum absolute atomic E-state index is 0.0702. The number of carboxylic acids is 2. The van der Waals surface area contributed by atoms with Crippen molar-refractivity contribution >= 4 is 67.4 Å². The quantitative estimate of drug-likeness (QED) is 0.0474. The highest BCUT2D eigenvalue weighted by Gasteiger charge is 2.32. The lowest BCUT2D eigenvalue weighted by molar-refractivity contribution is -0.145. The van der Waals surface area contributed by atoms with Crippen LogP contribution in [0.4, 0.5) is 0 Å². The molecule has 0 aliphatic rings. The van der Waals surface area contributed by atoms with Gasteiger partial charge in [-0.05, 0) is 98.8 Å². The minimum Gasteiger partial charge on any atom is -0.481 e. The molecule has 12 heteroatoms. The number of hydrogen-bond acceptors (Lipinski definition) is 4. The summed E-state index contributed by atoms with van der Waals surface area (Å²) in [5.41, 5.74) is 11.2. The van der Waals surface area contributed by atoms with Gasteiger partial charge in [-0.1, -0.05) is 130 Å². The maximum Gasteiger partial charge on any atom is 0.307 e. The molecule has 0 aliphatic heterocycles. The van der Waals surface area contributed by atoms with Gasteiger partial charge in [0.25, 0.3) is 0 Å². The maximum atomic E-state index is 13.4. The number of H-pyrrole nitrogens is 4. The van der Waals surface area contributed by atoms with Crippen LogP contribution in [0.25, 0.3) is 43.6 Å². The Morgan fingerprint density at radius 2 is 1.01 bits per heavy atom. The fourth-order valence-corrected chi connectivity index (χ4v) is 9.74. The van der Waals surface area contributed by atoms with Gasteiger partial charge in [0, 0.05) is 64.1 Å². The van der Waals surface area contributed by atoms with Crippen molar-refractivity contribution in [1.82, 2.24) is 30.6 Å². The van der Waals surface area contributed by atoms with E-state index in [1.54, 1.807) is 0 Å². The van der Waals surface area contributed by atoms with Crippen molar-refractivity contribution in [2.24, 2.45) is 11.3 Å². The number of amides is 2. The molecular weight excluding hydrogens is 901 g/mol. The molecule has 10 rings (SSSR count). The number of benzene rings is 6. The minimum atomic E-state index is -0.825. The van der Waals surface area contributed by atoms with Gasteiger partial charge in [-0.2, -0.15) is 0 Å². The first-order valence-electron chi connectivity index (χ1n) is 24.2. The molecule has 72 heavy (non-hydrogen) atoms. The number of hydrogen-bond donors (Lipinski definition) is 8. The van der Waals surface area contributed by atoms with E-state index in [2.05, 4.69) is 36.6 Å². The van der Waals surface area contributed by atoms with Crippen molar-refractivity contribution in [1.29, 1.82) is 0 Å². The van der Waals surface area contributed by atoms with Gasteiger partial charge in [0.1, 0.15) is 0 Å². The number of aromatic nitrogens is 4. The summed E-state index contributed by atoms with van der Waals surface area (Å²) in [6.07, 6.45) is 8.93. The summed E-state index contributed by atoms with van der Waals surface area (Å²) in [5.74, 6) is -2.31. The van der Waals surface area contributed by atoms with Crippen molar-refractivity contribution in [2.45, 2.75) is 65.0 Å². The molecule has 0 fully saturated rings. The number of fused-ring (bicyclic) bond motifs is 4. The molecule has 10 aromatic rings. The molecular formula is C60H58N6O6. The number of aromatic amines is 4. The van der Waals surface area contributed by atoms with Crippen molar-refractivity contribution in [3.8, 4) is 0 Å². The largest absolute Gasteiger partial charge is 0.481 e. The summed E-state index contributed by atoms with van der Waals surface area (Å²) >= 11 is 0. The van der Waals surface area contributed by atoms with E-state index >= 15 is 0 Å². The first-order valence-corrected chi connectivity index (χ1v) is 24.2. The van der Waals surface area contributed by atoms with Gasteiger partial charge >= 0.3 is 11.9 Å².